The van der Waals surface area contributed by atoms with Crippen molar-refractivity contribution in [2.45, 2.75) is 38.6 Å². The Bertz CT molecular complexity index is 958. The summed E-state index contributed by atoms with van der Waals surface area (Å²) in [6.07, 6.45) is 1.75. The molecule has 0 aromatic heterocycles. The molecule has 0 unspecified atom stereocenters. The molecule has 1 atom stereocenters. The summed E-state index contributed by atoms with van der Waals surface area (Å²) < 4.78 is 5.15. The predicted octanol–water partition coefficient (Wildman–Crippen LogP) is 2.61. The van der Waals surface area contributed by atoms with Crippen LogP contribution in [0.1, 0.15) is 30.0 Å². The van der Waals surface area contributed by atoms with E-state index >= 15 is 0 Å². The number of nitrogens with zero attached hydrogens (tertiary/aromatic N) is 1. The molecule has 1 aliphatic heterocycles. The van der Waals surface area contributed by atoms with E-state index in [1.54, 1.807) is 14.0 Å². The van der Waals surface area contributed by atoms with Crippen molar-refractivity contribution >= 4 is 17.8 Å². The van der Waals surface area contributed by atoms with Gasteiger partial charge in [0.25, 0.3) is 5.91 Å². The number of ether oxygens (including phenoxy) is 1. The number of imide groups is 1. The second-order valence-electron chi connectivity index (χ2n) is 8.03. The summed E-state index contributed by atoms with van der Waals surface area (Å²) >= 11 is 0. The van der Waals surface area contributed by atoms with Crippen LogP contribution in [0.3, 0.4) is 0 Å². The van der Waals surface area contributed by atoms with E-state index in [4.69, 9.17) is 4.74 Å². The fraction of sp³-hybridized carbons (Fsp3) is 0.375. The second-order valence-corrected chi connectivity index (χ2v) is 8.03. The van der Waals surface area contributed by atoms with Gasteiger partial charge in [-0.05, 0) is 61.9 Å². The third-order valence-corrected chi connectivity index (χ3v) is 5.70. The van der Waals surface area contributed by atoms with Crippen molar-refractivity contribution in [3.63, 3.8) is 0 Å². The highest BCUT2D eigenvalue weighted by Crippen LogP contribution is 2.24. The molecule has 1 heterocycles. The van der Waals surface area contributed by atoms with Gasteiger partial charge in [0.15, 0.2) is 0 Å². The summed E-state index contributed by atoms with van der Waals surface area (Å²) in [6, 6.07) is 15.0. The number of amides is 4. The zero-order chi connectivity index (χ0) is 22.4. The minimum absolute atomic E-state index is 0.281. The Morgan fingerprint density at radius 2 is 1.81 bits per heavy atom. The molecule has 3 rings (SSSR count). The van der Waals surface area contributed by atoms with Crippen LogP contribution in [0, 0.1) is 6.92 Å². The van der Waals surface area contributed by atoms with E-state index in [0.29, 0.717) is 25.8 Å². The molecule has 31 heavy (non-hydrogen) atoms. The first-order valence-corrected chi connectivity index (χ1v) is 10.4. The van der Waals surface area contributed by atoms with Gasteiger partial charge in [0.1, 0.15) is 17.8 Å². The summed E-state index contributed by atoms with van der Waals surface area (Å²) in [6.45, 7) is 3.89. The molecule has 0 radical (unpaired) electrons. The molecule has 2 aromatic carbocycles. The van der Waals surface area contributed by atoms with Crippen LogP contribution >= 0.6 is 0 Å². The Hall–Kier alpha value is -3.35. The molecule has 0 saturated carbocycles. The molecule has 0 aliphatic carbocycles. The lowest BCUT2D eigenvalue weighted by molar-refractivity contribution is -0.134. The van der Waals surface area contributed by atoms with Gasteiger partial charge < -0.3 is 15.4 Å². The molecule has 7 nitrogen and oxygen atoms in total. The lowest BCUT2D eigenvalue weighted by Crippen LogP contribution is -2.45. The number of urea groups is 1. The average molecular weight is 424 g/mol. The number of aryl methyl sites for hydroxylation is 2. The van der Waals surface area contributed by atoms with Gasteiger partial charge >= 0.3 is 6.03 Å². The van der Waals surface area contributed by atoms with Gasteiger partial charge in [-0.3, -0.25) is 14.5 Å². The SMILES string of the molecule is COc1ccc(CC[C@]2(C)NC(=O)N(CC(=O)NCCc3ccccc3C)C2=O)cc1. The number of methoxy groups -OCH3 is 1. The third-order valence-electron chi connectivity index (χ3n) is 5.70. The van der Waals surface area contributed by atoms with Crippen LogP contribution in [0.4, 0.5) is 4.79 Å². The second kappa shape index (κ2) is 9.64. The van der Waals surface area contributed by atoms with E-state index in [1.165, 1.54) is 5.56 Å². The Kier molecular flexibility index (Phi) is 6.95. The molecule has 7 heteroatoms. The summed E-state index contributed by atoms with van der Waals surface area (Å²) in [5, 5.41) is 5.55. The molecule has 1 aliphatic rings. The zero-order valence-electron chi connectivity index (χ0n) is 18.2. The highest BCUT2D eigenvalue weighted by atomic mass is 16.5. The molecule has 1 fully saturated rings. The van der Waals surface area contributed by atoms with Crippen LogP contribution in [0.25, 0.3) is 0 Å². The molecular formula is C24H29N3O4. The van der Waals surface area contributed by atoms with E-state index in [2.05, 4.69) is 10.6 Å². The molecule has 0 spiro atoms. The van der Waals surface area contributed by atoms with E-state index in [9.17, 15) is 14.4 Å². The van der Waals surface area contributed by atoms with Gasteiger partial charge in [-0.1, -0.05) is 36.4 Å². The van der Waals surface area contributed by atoms with Gasteiger partial charge in [-0.15, -0.1) is 0 Å². The number of benzene rings is 2. The Balaban J connectivity index is 1.51. The van der Waals surface area contributed by atoms with E-state index < -0.39 is 11.6 Å². The highest BCUT2D eigenvalue weighted by molar-refractivity contribution is 6.08. The van der Waals surface area contributed by atoms with Crippen molar-refractivity contribution in [1.29, 1.82) is 0 Å². The van der Waals surface area contributed by atoms with E-state index in [-0.39, 0.29) is 18.4 Å². The number of rotatable bonds is 9. The molecule has 1 saturated heterocycles. The van der Waals surface area contributed by atoms with Crippen LogP contribution in [0.5, 0.6) is 5.75 Å². The molecule has 4 amide bonds. The third kappa shape index (κ3) is 5.42. The maximum Gasteiger partial charge on any atom is 0.325 e. The zero-order valence-corrected chi connectivity index (χ0v) is 18.2. The minimum atomic E-state index is -1.03. The number of nitrogens with one attached hydrogen (secondary N) is 2. The standard InChI is InChI=1S/C24H29N3O4/c1-17-6-4-5-7-19(17)13-15-25-21(28)16-27-22(29)24(2,26-23(27)30)14-12-18-8-10-20(31-3)11-9-18/h4-11H,12-16H2,1-3H3,(H,25,28)(H,26,30)/t24-/m0/s1. The maximum absolute atomic E-state index is 12.9. The van der Waals surface area contributed by atoms with E-state index in [1.807, 2.05) is 55.5 Å². The van der Waals surface area contributed by atoms with Crippen molar-refractivity contribution in [3.8, 4) is 5.75 Å². The van der Waals surface area contributed by atoms with Crippen LogP contribution in [0.15, 0.2) is 48.5 Å². The van der Waals surface area contributed by atoms with Gasteiger partial charge in [-0.2, -0.15) is 0 Å². The first-order valence-electron chi connectivity index (χ1n) is 10.4. The van der Waals surface area contributed by atoms with Crippen LogP contribution in [-0.2, 0) is 22.4 Å². The number of carbonyl (C=O) groups excluding carboxylic acids is 3. The van der Waals surface area contributed by atoms with Gasteiger partial charge in [0.05, 0.1) is 7.11 Å². The monoisotopic (exact) mass is 423 g/mol. The molecule has 2 N–H and O–H groups in total. The number of carbonyl (C=O) groups is 3. The van der Waals surface area contributed by atoms with Crippen molar-refractivity contribution in [2.75, 3.05) is 20.2 Å². The molecule has 2 aromatic rings. The first kappa shape index (κ1) is 22.3. The Morgan fingerprint density at radius 1 is 1.10 bits per heavy atom. The number of hydrogen-bond donors (Lipinski definition) is 2. The van der Waals surface area contributed by atoms with Crippen molar-refractivity contribution in [1.82, 2.24) is 15.5 Å². The molecular weight excluding hydrogens is 394 g/mol. The topological polar surface area (TPSA) is 87.7 Å². The summed E-state index contributed by atoms with van der Waals surface area (Å²) in [4.78, 5) is 38.6. The molecule has 164 valence electrons. The fourth-order valence-corrected chi connectivity index (χ4v) is 3.67. The van der Waals surface area contributed by atoms with Crippen molar-refractivity contribution in [2.24, 2.45) is 0 Å². The quantitative estimate of drug-likeness (QED) is 0.607. The fourth-order valence-electron chi connectivity index (χ4n) is 3.67. The van der Waals surface area contributed by atoms with Crippen molar-refractivity contribution < 1.29 is 19.1 Å². The highest BCUT2D eigenvalue weighted by Gasteiger charge is 2.47. The van der Waals surface area contributed by atoms with E-state index in [0.717, 1.165) is 21.8 Å². The Labute approximate surface area is 182 Å². The summed E-state index contributed by atoms with van der Waals surface area (Å²) in [7, 11) is 1.61. The van der Waals surface area contributed by atoms with Gasteiger partial charge in [-0.25, -0.2) is 4.79 Å². The normalized spacial score (nSPS) is 18.1. The van der Waals surface area contributed by atoms with Gasteiger partial charge in [0.2, 0.25) is 5.91 Å². The largest absolute Gasteiger partial charge is 0.497 e. The van der Waals surface area contributed by atoms with Crippen LogP contribution in [0.2, 0.25) is 0 Å². The predicted molar refractivity (Wildman–Crippen MR) is 118 cm³/mol. The molecule has 0 bridgehead atoms. The Morgan fingerprint density at radius 3 is 2.48 bits per heavy atom. The lowest BCUT2D eigenvalue weighted by atomic mass is 9.93. The first-order chi connectivity index (χ1) is 14.8. The lowest BCUT2D eigenvalue weighted by Gasteiger charge is -2.21. The minimum Gasteiger partial charge on any atom is -0.497 e. The maximum atomic E-state index is 12.9. The van der Waals surface area contributed by atoms with Crippen LogP contribution < -0.4 is 15.4 Å². The summed E-state index contributed by atoms with van der Waals surface area (Å²) in [5.41, 5.74) is 2.33. The van der Waals surface area contributed by atoms with Crippen LogP contribution in [-0.4, -0.2) is 48.5 Å². The smallest absolute Gasteiger partial charge is 0.325 e. The summed E-state index contributed by atoms with van der Waals surface area (Å²) in [5.74, 6) is 0.0383. The van der Waals surface area contributed by atoms with Crippen molar-refractivity contribution in [3.05, 3.63) is 65.2 Å². The average Bonchev–Trinajstić information content (AvgIpc) is 2.97. The van der Waals surface area contributed by atoms with Gasteiger partial charge in [0, 0.05) is 6.54 Å². The number of hydrogen-bond acceptors (Lipinski definition) is 4.